The Morgan fingerprint density at radius 3 is 1.06 bits per heavy atom. The van der Waals surface area contributed by atoms with Gasteiger partial charge in [0.15, 0.2) is 0 Å². The van der Waals surface area contributed by atoms with Gasteiger partial charge in [0.2, 0.25) is 0 Å². The van der Waals surface area contributed by atoms with Crippen LogP contribution in [0.1, 0.15) is 20.8 Å². The molecular weight excluding hydrogens is 290 g/mol. The third-order valence-corrected chi connectivity index (χ3v) is 0.231. The van der Waals surface area contributed by atoms with E-state index in [1.54, 1.807) is 20.8 Å². The van der Waals surface area contributed by atoms with E-state index in [0.29, 0.717) is 0 Å². The van der Waals surface area contributed by atoms with Crippen LogP contribution in [-0.4, -0.2) is 24.9 Å². The van der Waals surface area contributed by atoms with Crippen LogP contribution in [0.15, 0.2) is 0 Å². The Kier molecular flexibility index (Phi) is 40.7. The fourth-order valence-corrected chi connectivity index (χ4v) is 0. The van der Waals surface area contributed by atoms with Crippen molar-refractivity contribution in [3.05, 3.63) is 0 Å². The smallest absolute Gasteiger partial charge is 0.857 e. The fourth-order valence-electron chi connectivity index (χ4n) is 0. The summed E-state index contributed by atoms with van der Waals surface area (Å²) in [6, 6.07) is 0. The van der Waals surface area contributed by atoms with E-state index in [1.807, 2.05) is 0 Å². The van der Waals surface area contributed by atoms with E-state index in [2.05, 4.69) is 0 Å². The molecule has 88 valence electrons. The van der Waals surface area contributed by atoms with Gasteiger partial charge in [-0.2, -0.15) is 20.3 Å². The first-order chi connectivity index (χ1) is 5.94. The van der Waals surface area contributed by atoms with Gasteiger partial charge in [-0.15, -0.1) is 5.60 Å². The van der Waals surface area contributed by atoms with Crippen LogP contribution in [0.3, 0.4) is 0 Å². The van der Waals surface area contributed by atoms with Gasteiger partial charge in [-0.3, -0.25) is 0 Å². The first kappa shape index (κ1) is 36.8. The molecule has 0 atom stereocenters. The van der Waals surface area contributed by atoms with Gasteiger partial charge in [-0.05, 0) is 0 Å². The second-order valence-electron chi connectivity index (χ2n) is 2.90. The molecule has 0 radical (unpaired) electrons. The fraction of sp³-hybridized carbons (Fsp3) is 0.857. The zero-order valence-electron chi connectivity index (χ0n) is 11.3. The third kappa shape index (κ3) is 68.5. The van der Waals surface area contributed by atoms with Crippen LogP contribution in [0, 0.1) is 0 Å². The molecule has 0 fully saturated rings. The Bertz CT molecular complexity index is 156. The van der Waals surface area contributed by atoms with E-state index in [-0.39, 0.29) is 110 Å². The van der Waals surface area contributed by atoms with E-state index in [1.165, 1.54) is 0 Å². The van der Waals surface area contributed by atoms with Gasteiger partial charge in [-0.25, -0.2) is 0 Å². The van der Waals surface area contributed by atoms with Crippen molar-refractivity contribution >= 4 is 5.97 Å². The molecule has 0 amide bonds. The summed E-state index contributed by atoms with van der Waals surface area (Å²) >= 11 is 0. The minimum Gasteiger partial charge on any atom is -0.857 e. The zero-order chi connectivity index (χ0) is 12.6. The predicted octanol–water partition coefficient (Wildman–Crippen LogP) is -10.6. The number of hydrogen-bond donors (Lipinski definition) is 0. The van der Waals surface area contributed by atoms with Crippen LogP contribution in [0.4, 0.5) is 13.2 Å². The molecular formula is C7H12F3KNa2O4. The molecule has 0 aromatic carbocycles. The largest absolute Gasteiger partial charge is 1.00 e. The van der Waals surface area contributed by atoms with Crippen molar-refractivity contribution in [3.63, 3.8) is 0 Å². The summed E-state index contributed by atoms with van der Waals surface area (Å²) in [6.45, 7) is 4.90. The van der Waals surface area contributed by atoms with E-state index >= 15 is 0 Å². The topological polar surface area (TPSA) is 86.2 Å². The summed E-state index contributed by atoms with van der Waals surface area (Å²) in [7, 11) is 0.750. The number of alkyl halides is 3. The van der Waals surface area contributed by atoms with Crippen molar-refractivity contribution in [2.75, 3.05) is 7.11 Å². The van der Waals surface area contributed by atoms with Crippen molar-refractivity contribution in [2.45, 2.75) is 32.5 Å². The van der Waals surface area contributed by atoms with Crippen molar-refractivity contribution in [1.29, 1.82) is 0 Å². The monoisotopic (exact) mass is 302 g/mol. The molecule has 0 saturated heterocycles. The molecule has 0 aliphatic heterocycles. The molecule has 10 heteroatoms. The Morgan fingerprint density at radius 2 is 1.06 bits per heavy atom. The summed E-state index contributed by atoms with van der Waals surface area (Å²) in [5.74, 6) is -3.01. The van der Waals surface area contributed by atoms with Gasteiger partial charge < -0.3 is 20.1 Å². The average Bonchev–Trinajstić information content (AvgIpc) is 1.86. The van der Waals surface area contributed by atoms with Crippen LogP contribution >= 0.6 is 0 Å². The van der Waals surface area contributed by atoms with Gasteiger partial charge in [0.1, 0.15) is 5.97 Å². The summed E-state index contributed by atoms with van der Waals surface area (Å²) in [4.78, 5) is 8.78. The second-order valence-corrected chi connectivity index (χ2v) is 2.90. The molecule has 0 aliphatic carbocycles. The second kappa shape index (κ2) is 18.8. The molecule has 0 heterocycles. The van der Waals surface area contributed by atoms with Gasteiger partial charge in [0.25, 0.3) is 0 Å². The van der Waals surface area contributed by atoms with Crippen molar-refractivity contribution in [2.24, 2.45) is 0 Å². The maximum Gasteiger partial charge on any atom is 1.00 e. The standard InChI is InChI=1S/C4H9O.C2HF3O2.CH3O.K.2Na/c1-4(2,3)5;3-2(4,5)1(6)7;1-2;;;/h1-3H3;(H,6,7);1H3;;;/q-1;;-1;3*+1/p-1. The van der Waals surface area contributed by atoms with Gasteiger partial charge in [0, 0.05) is 0 Å². The SMILES string of the molecule is CC(C)(C)[O-].C[O-].O=C([O-])C(F)(F)F.[K+].[Na+].[Na+]. The summed E-state index contributed by atoms with van der Waals surface area (Å²) < 4.78 is 31.5. The zero-order valence-corrected chi connectivity index (χ0v) is 18.4. The number of carbonyl (C=O) groups excluding carboxylic acids is 1. The molecule has 0 N–H and O–H groups in total. The molecule has 0 rings (SSSR count). The Labute approximate surface area is 186 Å². The maximum atomic E-state index is 10.5. The summed E-state index contributed by atoms with van der Waals surface area (Å²) in [5.41, 5.74) is -0.750. The predicted molar refractivity (Wildman–Crippen MR) is 36.7 cm³/mol. The third-order valence-electron chi connectivity index (χ3n) is 0.231. The maximum absolute atomic E-state index is 10.5. The Balaban J connectivity index is -0.0000000275. The van der Waals surface area contributed by atoms with Gasteiger partial charge in [0.05, 0.1) is 0 Å². The van der Waals surface area contributed by atoms with Crippen LogP contribution in [-0.2, 0) is 4.79 Å². The molecule has 0 aromatic rings. The van der Waals surface area contributed by atoms with Crippen LogP contribution in [0.5, 0.6) is 0 Å². The van der Waals surface area contributed by atoms with E-state index in [0.717, 1.165) is 7.11 Å². The first-order valence-electron chi connectivity index (χ1n) is 3.34. The minimum absolute atomic E-state index is 0. The van der Waals surface area contributed by atoms with Gasteiger partial charge in [-0.1, -0.05) is 20.8 Å². The first-order valence-corrected chi connectivity index (χ1v) is 3.34. The molecule has 0 spiro atoms. The van der Waals surface area contributed by atoms with Crippen molar-refractivity contribution in [3.8, 4) is 0 Å². The summed E-state index contributed by atoms with van der Waals surface area (Å²) in [5, 5.41) is 27.1. The van der Waals surface area contributed by atoms with Crippen molar-refractivity contribution < 1.29 is 144 Å². The van der Waals surface area contributed by atoms with Crippen molar-refractivity contribution in [1.82, 2.24) is 0 Å². The summed E-state index contributed by atoms with van der Waals surface area (Å²) in [6.07, 6.45) is -5.19. The number of rotatable bonds is 0. The van der Waals surface area contributed by atoms with E-state index in [4.69, 9.17) is 15.0 Å². The molecule has 0 aromatic heterocycles. The van der Waals surface area contributed by atoms with Crippen LogP contribution in [0.2, 0.25) is 0 Å². The number of carbonyl (C=O) groups is 1. The Morgan fingerprint density at radius 1 is 1.00 bits per heavy atom. The molecule has 0 bridgehead atoms. The Hall–Kier alpha value is 2.82. The molecule has 0 saturated carbocycles. The van der Waals surface area contributed by atoms with Crippen LogP contribution < -0.4 is 126 Å². The van der Waals surface area contributed by atoms with E-state index < -0.39 is 17.7 Å². The quantitative estimate of drug-likeness (QED) is 0.416. The molecule has 0 aliphatic rings. The number of aliphatic carboxylic acids is 1. The van der Waals surface area contributed by atoms with Gasteiger partial charge >= 0.3 is 117 Å². The number of halogens is 3. The number of carboxylic acids is 1. The molecule has 0 unspecified atom stereocenters. The molecule has 17 heavy (non-hydrogen) atoms. The normalized spacial score (nSPS) is 8.53. The molecule has 4 nitrogen and oxygen atoms in total. The average molecular weight is 302 g/mol. The van der Waals surface area contributed by atoms with Crippen LogP contribution in [0.25, 0.3) is 0 Å². The van der Waals surface area contributed by atoms with E-state index in [9.17, 15) is 18.3 Å². The minimum atomic E-state index is -5.19. The number of carboxylic acid groups (broad SMARTS) is 1. The number of hydrogen-bond acceptors (Lipinski definition) is 4.